The topological polar surface area (TPSA) is 40.6 Å². The van der Waals surface area contributed by atoms with Crippen LogP contribution in [0.5, 0.6) is 0 Å². The standard InChI is InChI=1S/C12H24N2O2/c1-5-8-14(9-6-7-11(2)15)10-12(16)13(3)4/h5-10H2,1-4H3. The third kappa shape index (κ3) is 7.40. The molecule has 0 N–H and O–H groups in total. The van der Waals surface area contributed by atoms with Crippen LogP contribution in [-0.2, 0) is 9.59 Å². The van der Waals surface area contributed by atoms with Gasteiger partial charge in [0.05, 0.1) is 6.54 Å². The first-order valence-corrected chi connectivity index (χ1v) is 5.89. The molecule has 0 saturated heterocycles. The summed E-state index contributed by atoms with van der Waals surface area (Å²) >= 11 is 0. The first-order chi connectivity index (χ1) is 7.47. The predicted molar refractivity (Wildman–Crippen MR) is 65.3 cm³/mol. The van der Waals surface area contributed by atoms with Gasteiger partial charge in [-0.15, -0.1) is 0 Å². The van der Waals surface area contributed by atoms with Crippen LogP contribution < -0.4 is 0 Å². The van der Waals surface area contributed by atoms with Gasteiger partial charge in [-0.3, -0.25) is 9.69 Å². The Morgan fingerprint density at radius 1 is 1.12 bits per heavy atom. The van der Waals surface area contributed by atoms with Crippen molar-refractivity contribution in [2.24, 2.45) is 0 Å². The van der Waals surface area contributed by atoms with E-state index in [0.29, 0.717) is 13.0 Å². The highest BCUT2D eigenvalue weighted by molar-refractivity contribution is 5.77. The average molecular weight is 228 g/mol. The summed E-state index contributed by atoms with van der Waals surface area (Å²) in [5, 5.41) is 0. The fourth-order valence-electron chi connectivity index (χ4n) is 1.47. The van der Waals surface area contributed by atoms with Gasteiger partial charge in [-0.2, -0.15) is 0 Å². The Kier molecular flexibility index (Phi) is 7.81. The third-order valence-corrected chi connectivity index (χ3v) is 2.40. The molecular weight excluding hydrogens is 204 g/mol. The van der Waals surface area contributed by atoms with Crippen molar-refractivity contribution in [1.82, 2.24) is 9.80 Å². The number of amides is 1. The molecule has 94 valence electrons. The van der Waals surface area contributed by atoms with Gasteiger partial charge in [0.15, 0.2) is 0 Å². The first kappa shape index (κ1) is 15.1. The van der Waals surface area contributed by atoms with Crippen LogP contribution in [0.1, 0.15) is 33.1 Å². The SMILES string of the molecule is CCCN(CCCC(C)=O)CC(=O)N(C)C. The highest BCUT2D eigenvalue weighted by atomic mass is 16.2. The van der Waals surface area contributed by atoms with Gasteiger partial charge in [-0.1, -0.05) is 6.92 Å². The minimum absolute atomic E-state index is 0.122. The molecule has 0 heterocycles. The molecule has 0 rings (SSSR count). The molecule has 16 heavy (non-hydrogen) atoms. The molecule has 0 saturated carbocycles. The molecular formula is C12H24N2O2. The quantitative estimate of drug-likeness (QED) is 0.626. The summed E-state index contributed by atoms with van der Waals surface area (Å²) in [6.07, 6.45) is 2.48. The first-order valence-electron chi connectivity index (χ1n) is 5.89. The molecule has 4 heteroatoms. The average Bonchev–Trinajstić information content (AvgIpc) is 2.17. The van der Waals surface area contributed by atoms with Crippen LogP contribution in [0.25, 0.3) is 0 Å². The Labute approximate surface area is 98.6 Å². The van der Waals surface area contributed by atoms with Gasteiger partial charge >= 0.3 is 0 Å². The lowest BCUT2D eigenvalue weighted by molar-refractivity contribution is -0.129. The molecule has 0 unspecified atom stereocenters. The van der Waals surface area contributed by atoms with E-state index in [1.807, 2.05) is 0 Å². The van der Waals surface area contributed by atoms with Gasteiger partial charge in [0.2, 0.25) is 5.91 Å². The van der Waals surface area contributed by atoms with E-state index in [0.717, 1.165) is 25.9 Å². The number of carbonyl (C=O) groups excluding carboxylic acids is 2. The Hall–Kier alpha value is -0.900. The number of rotatable bonds is 8. The van der Waals surface area contributed by atoms with Crippen LogP contribution in [0.4, 0.5) is 0 Å². The minimum Gasteiger partial charge on any atom is -0.348 e. The highest BCUT2D eigenvalue weighted by Crippen LogP contribution is 1.99. The van der Waals surface area contributed by atoms with Crippen LogP contribution in [0.2, 0.25) is 0 Å². The number of likely N-dealkylation sites (N-methyl/N-ethyl adjacent to an activating group) is 1. The molecule has 0 radical (unpaired) electrons. The molecule has 0 aromatic heterocycles. The molecule has 0 aliphatic heterocycles. The van der Waals surface area contributed by atoms with Crippen molar-refractivity contribution in [2.45, 2.75) is 33.1 Å². The van der Waals surface area contributed by atoms with Gasteiger partial charge < -0.3 is 9.69 Å². The minimum atomic E-state index is 0.122. The van der Waals surface area contributed by atoms with Crippen LogP contribution in [0, 0.1) is 0 Å². The van der Waals surface area contributed by atoms with Crippen molar-refractivity contribution in [3.8, 4) is 0 Å². The third-order valence-electron chi connectivity index (χ3n) is 2.40. The summed E-state index contributed by atoms with van der Waals surface area (Å²) in [5.41, 5.74) is 0. The van der Waals surface area contributed by atoms with Gasteiger partial charge in [0, 0.05) is 20.5 Å². The van der Waals surface area contributed by atoms with Crippen LogP contribution >= 0.6 is 0 Å². The van der Waals surface area contributed by atoms with Gasteiger partial charge in [0.25, 0.3) is 0 Å². The maximum absolute atomic E-state index is 11.5. The summed E-state index contributed by atoms with van der Waals surface area (Å²) in [6, 6.07) is 0. The largest absolute Gasteiger partial charge is 0.348 e. The van der Waals surface area contributed by atoms with Crippen molar-refractivity contribution < 1.29 is 9.59 Å². The molecule has 0 aromatic carbocycles. The Balaban J connectivity index is 3.96. The molecule has 1 amide bonds. The van der Waals surface area contributed by atoms with Crippen molar-refractivity contribution in [1.29, 1.82) is 0 Å². The van der Waals surface area contributed by atoms with E-state index in [1.165, 1.54) is 0 Å². The Morgan fingerprint density at radius 3 is 2.19 bits per heavy atom. The molecule has 0 bridgehead atoms. The number of carbonyl (C=O) groups is 2. The van der Waals surface area contributed by atoms with E-state index >= 15 is 0 Å². The lowest BCUT2D eigenvalue weighted by atomic mass is 10.2. The Morgan fingerprint density at radius 2 is 1.75 bits per heavy atom. The van der Waals surface area contributed by atoms with Crippen LogP contribution in [0.3, 0.4) is 0 Å². The van der Waals surface area contributed by atoms with Crippen molar-refractivity contribution in [3.05, 3.63) is 0 Å². The summed E-state index contributed by atoms with van der Waals surface area (Å²) in [4.78, 5) is 26.1. The summed E-state index contributed by atoms with van der Waals surface area (Å²) in [7, 11) is 3.53. The Bertz CT molecular complexity index is 227. The number of nitrogens with zero attached hydrogens (tertiary/aromatic N) is 2. The van der Waals surface area contributed by atoms with E-state index in [-0.39, 0.29) is 11.7 Å². The zero-order valence-electron chi connectivity index (χ0n) is 11.0. The van der Waals surface area contributed by atoms with E-state index in [1.54, 1.807) is 25.9 Å². The van der Waals surface area contributed by atoms with Gasteiger partial charge in [-0.05, 0) is 32.9 Å². The van der Waals surface area contributed by atoms with Crippen molar-refractivity contribution in [3.63, 3.8) is 0 Å². The summed E-state index contributed by atoms with van der Waals surface area (Å²) in [6.45, 7) is 5.90. The molecule has 4 nitrogen and oxygen atoms in total. The van der Waals surface area contributed by atoms with Gasteiger partial charge in [-0.25, -0.2) is 0 Å². The zero-order valence-corrected chi connectivity index (χ0v) is 11.0. The number of Topliss-reactive ketones (excluding diaryl/α,β-unsaturated/α-hetero) is 1. The maximum atomic E-state index is 11.5. The molecule has 0 atom stereocenters. The van der Waals surface area contributed by atoms with Crippen LogP contribution in [-0.4, -0.2) is 55.2 Å². The zero-order chi connectivity index (χ0) is 12.6. The number of hydrogen-bond donors (Lipinski definition) is 0. The van der Waals surface area contributed by atoms with Crippen LogP contribution in [0.15, 0.2) is 0 Å². The molecule has 0 aromatic rings. The fourth-order valence-corrected chi connectivity index (χ4v) is 1.47. The van der Waals surface area contributed by atoms with E-state index in [4.69, 9.17) is 0 Å². The second-order valence-corrected chi connectivity index (χ2v) is 4.37. The molecule has 0 aliphatic rings. The van der Waals surface area contributed by atoms with E-state index < -0.39 is 0 Å². The summed E-state index contributed by atoms with van der Waals surface area (Å²) < 4.78 is 0. The summed E-state index contributed by atoms with van der Waals surface area (Å²) in [5.74, 6) is 0.339. The van der Waals surface area contributed by atoms with E-state index in [9.17, 15) is 9.59 Å². The van der Waals surface area contributed by atoms with Gasteiger partial charge in [0.1, 0.15) is 5.78 Å². The second kappa shape index (κ2) is 8.28. The lowest BCUT2D eigenvalue weighted by Gasteiger charge is -2.22. The predicted octanol–water partition coefficient (Wildman–Crippen LogP) is 1.16. The molecule has 0 fully saturated rings. The highest BCUT2D eigenvalue weighted by Gasteiger charge is 2.11. The lowest BCUT2D eigenvalue weighted by Crippen LogP contribution is -2.37. The number of ketones is 1. The smallest absolute Gasteiger partial charge is 0.236 e. The van der Waals surface area contributed by atoms with Crippen molar-refractivity contribution >= 4 is 11.7 Å². The fraction of sp³-hybridized carbons (Fsp3) is 0.833. The van der Waals surface area contributed by atoms with E-state index in [2.05, 4.69) is 11.8 Å². The molecule has 0 aliphatic carbocycles. The normalized spacial score (nSPS) is 10.6. The maximum Gasteiger partial charge on any atom is 0.236 e. The number of hydrogen-bond acceptors (Lipinski definition) is 3. The monoisotopic (exact) mass is 228 g/mol. The molecule has 0 spiro atoms. The van der Waals surface area contributed by atoms with Crippen molar-refractivity contribution in [2.75, 3.05) is 33.7 Å². The second-order valence-electron chi connectivity index (χ2n) is 4.37.